The number of benzene rings is 1. The highest BCUT2D eigenvalue weighted by molar-refractivity contribution is 5.68. The van der Waals surface area contributed by atoms with Gasteiger partial charge in [0.1, 0.15) is 0 Å². The normalized spacial score (nSPS) is 16.3. The van der Waals surface area contributed by atoms with Crippen molar-refractivity contribution in [1.29, 1.82) is 0 Å². The number of aryl methyl sites for hydroxylation is 1. The molecule has 0 aromatic heterocycles. The van der Waals surface area contributed by atoms with Crippen LogP contribution in [0.25, 0.3) is 0 Å². The van der Waals surface area contributed by atoms with Crippen LogP contribution < -0.4 is 0 Å². The summed E-state index contributed by atoms with van der Waals surface area (Å²) < 4.78 is 5.04. The Hall–Kier alpha value is -1.35. The van der Waals surface area contributed by atoms with Crippen molar-refractivity contribution < 1.29 is 14.6 Å². The molecule has 1 saturated carbocycles. The molecule has 1 aromatic carbocycles. The lowest BCUT2D eigenvalue weighted by Gasteiger charge is -2.15. The Morgan fingerprint density at radius 3 is 2.58 bits per heavy atom. The van der Waals surface area contributed by atoms with Crippen molar-refractivity contribution in [1.82, 2.24) is 0 Å². The Morgan fingerprint density at radius 2 is 2.05 bits per heavy atom. The van der Waals surface area contributed by atoms with E-state index in [1.165, 1.54) is 24.0 Å². The summed E-state index contributed by atoms with van der Waals surface area (Å²) in [7, 11) is 1.72. The number of aliphatic carboxylic acids is 1. The highest BCUT2D eigenvalue weighted by Crippen LogP contribution is 2.44. The third kappa shape index (κ3) is 4.35. The predicted octanol–water partition coefficient (Wildman–Crippen LogP) is 3.23. The molecule has 104 valence electrons. The molecule has 0 aliphatic heterocycles. The summed E-state index contributed by atoms with van der Waals surface area (Å²) in [6, 6.07) is 8.46. The lowest BCUT2D eigenvalue weighted by Crippen LogP contribution is -2.08. The van der Waals surface area contributed by atoms with Crippen LogP contribution in [0.1, 0.15) is 42.7 Å². The maximum Gasteiger partial charge on any atom is 0.303 e. The number of carboxylic acids is 1. The molecule has 19 heavy (non-hydrogen) atoms. The molecule has 3 heteroatoms. The zero-order valence-corrected chi connectivity index (χ0v) is 11.5. The number of carbonyl (C=O) groups is 1. The van der Waals surface area contributed by atoms with Crippen molar-refractivity contribution in [3.63, 3.8) is 0 Å². The zero-order valence-electron chi connectivity index (χ0n) is 11.5. The average Bonchev–Trinajstić information content (AvgIpc) is 3.21. The summed E-state index contributed by atoms with van der Waals surface area (Å²) >= 11 is 0. The predicted molar refractivity (Wildman–Crippen MR) is 74.4 cm³/mol. The molecule has 0 amide bonds. The summed E-state index contributed by atoms with van der Waals surface area (Å²) in [4.78, 5) is 10.9. The zero-order chi connectivity index (χ0) is 13.7. The van der Waals surface area contributed by atoms with Crippen molar-refractivity contribution in [2.75, 3.05) is 13.7 Å². The highest BCUT2D eigenvalue weighted by atomic mass is 16.5. The van der Waals surface area contributed by atoms with E-state index in [9.17, 15) is 4.79 Å². The lowest BCUT2D eigenvalue weighted by molar-refractivity contribution is -0.137. The lowest BCUT2D eigenvalue weighted by atomic mass is 9.90. The van der Waals surface area contributed by atoms with Gasteiger partial charge >= 0.3 is 5.97 Å². The molecule has 0 radical (unpaired) electrons. The quantitative estimate of drug-likeness (QED) is 0.732. The van der Waals surface area contributed by atoms with Crippen LogP contribution in [0, 0.1) is 5.92 Å². The van der Waals surface area contributed by atoms with Crippen molar-refractivity contribution in [2.45, 2.75) is 38.0 Å². The molecule has 3 nitrogen and oxygen atoms in total. The van der Waals surface area contributed by atoms with Gasteiger partial charge in [0, 0.05) is 13.7 Å². The molecule has 1 unspecified atom stereocenters. The number of carboxylic acid groups (broad SMARTS) is 1. The second-order valence-electron chi connectivity index (χ2n) is 5.38. The highest BCUT2D eigenvalue weighted by Gasteiger charge is 2.33. The standard InChI is InChI=1S/C16H22O3/c1-19-10-2-3-12-4-6-13(7-5-12)15(11-16(17)18)14-8-9-14/h4-7,14-15H,2-3,8-11H2,1H3,(H,17,18). The van der Waals surface area contributed by atoms with Gasteiger partial charge in [0.05, 0.1) is 6.42 Å². The van der Waals surface area contributed by atoms with Gasteiger partial charge in [-0.1, -0.05) is 24.3 Å². The maximum absolute atomic E-state index is 10.9. The van der Waals surface area contributed by atoms with Gasteiger partial charge in [-0.2, -0.15) is 0 Å². The van der Waals surface area contributed by atoms with Gasteiger partial charge in [-0.05, 0) is 48.6 Å². The Morgan fingerprint density at radius 1 is 1.37 bits per heavy atom. The van der Waals surface area contributed by atoms with E-state index in [0.717, 1.165) is 19.4 Å². The van der Waals surface area contributed by atoms with Crippen LogP contribution in [0.15, 0.2) is 24.3 Å². The summed E-state index contributed by atoms with van der Waals surface area (Å²) in [6.45, 7) is 0.783. The minimum absolute atomic E-state index is 0.200. The Balaban J connectivity index is 1.97. The third-order valence-electron chi connectivity index (χ3n) is 3.81. The monoisotopic (exact) mass is 262 g/mol. The van der Waals surface area contributed by atoms with Crippen molar-refractivity contribution in [3.8, 4) is 0 Å². The van der Waals surface area contributed by atoms with E-state index in [4.69, 9.17) is 9.84 Å². The fourth-order valence-electron chi connectivity index (χ4n) is 2.60. The molecular weight excluding hydrogens is 240 g/mol. The van der Waals surface area contributed by atoms with Crippen LogP contribution in [0.4, 0.5) is 0 Å². The minimum Gasteiger partial charge on any atom is -0.481 e. The number of hydrogen-bond acceptors (Lipinski definition) is 2. The molecule has 1 aliphatic rings. The smallest absolute Gasteiger partial charge is 0.303 e. The topological polar surface area (TPSA) is 46.5 Å². The first kappa shape index (κ1) is 14.1. The molecule has 1 N–H and O–H groups in total. The molecular formula is C16H22O3. The van der Waals surface area contributed by atoms with Gasteiger partial charge in [-0.15, -0.1) is 0 Å². The van der Waals surface area contributed by atoms with E-state index in [1.807, 2.05) is 0 Å². The van der Waals surface area contributed by atoms with Gasteiger partial charge in [-0.25, -0.2) is 0 Å². The number of rotatable bonds is 8. The number of ether oxygens (including phenoxy) is 1. The minimum atomic E-state index is -0.693. The van der Waals surface area contributed by atoms with E-state index < -0.39 is 5.97 Å². The molecule has 0 saturated heterocycles. The molecule has 1 fully saturated rings. The maximum atomic E-state index is 10.9. The van der Waals surface area contributed by atoms with Crippen LogP contribution in [-0.2, 0) is 16.0 Å². The van der Waals surface area contributed by atoms with Crippen molar-refractivity contribution in [2.24, 2.45) is 5.92 Å². The van der Waals surface area contributed by atoms with Crippen molar-refractivity contribution in [3.05, 3.63) is 35.4 Å². The van der Waals surface area contributed by atoms with Gasteiger partial charge in [0.2, 0.25) is 0 Å². The summed E-state index contributed by atoms with van der Waals surface area (Å²) in [5, 5.41) is 9.01. The van der Waals surface area contributed by atoms with Gasteiger partial charge in [0.25, 0.3) is 0 Å². The first-order valence-electron chi connectivity index (χ1n) is 7.00. The Bertz CT molecular complexity index is 407. The van der Waals surface area contributed by atoms with Crippen LogP contribution in [0.2, 0.25) is 0 Å². The van der Waals surface area contributed by atoms with Crippen LogP contribution in [0.3, 0.4) is 0 Å². The molecule has 0 heterocycles. The molecule has 1 atom stereocenters. The van der Waals surface area contributed by atoms with Gasteiger partial charge < -0.3 is 9.84 Å². The van der Waals surface area contributed by atoms with Gasteiger partial charge in [-0.3, -0.25) is 4.79 Å². The first-order chi connectivity index (χ1) is 9.20. The van der Waals surface area contributed by atoms with E-state index in [1.54, 1.807) is 7.11 Å². The van der Waals surface area contributed by atoms with E-state index >= 15 is 0 Å². The third-order valence-corrected chi connectivity index (χ3v) is 3.81. The summed E-state index contributed by atoms with van der Waals surface area (Å²) in [5.41, 5.74) is 2.48. The van der Waals surface area contributed by atoms with Crippen LogP contribution >= 0.6 is 0 Å². The van der Waals surface area contributed by atoms with Crippen molar-refractivity contribution >= 4 is 5.97 Å². The Labute approximate surface area is 114 Å². The largest absolute Gasteiger partial charge is 0.481 e. The van der Waals surface area contributed by atoms with E-state index in [-0.39, 0.29) is 12.3 Å². The summed E-state index contributed by atoms with van der Waals surface area (Å²) in [6.07, 6.45) is 4.65. The molecule has 1 aromatic rings. The van der Waals surface area contributed by atoms with Gasteiger partial charge in [0.15, 0.2) is 0 Å². The fourth-order valence-corrected chi connectivity index (χ4v) is 2.60. The second kappa shape index (κ2) is 6.71. The van der Waals surface area contributed by atoms with E-state index in [0.29, 0.717) is 5.92 Å². The summed E-state index contributed by atoms with van der Waals surface area (Å²) in [5.74, 6) is 0.0852. The SMILES string of the molecule is COCCCc1ccc(C(CC(=O)O)C2CC2)cc1. The second-order valence-corrected chi connectivity index (χ2v) is 5.38. The molecule has 2 rings (SSSR count). The molecule has 0 bridgehead atoms. The van der Waals surface area contributed by atoms with Crippen LogP contribution in [-0.4, -0.2) is 24.8 Å². The Kier molecular flexibility index (Phi) is 4.97. The number of methoxy groups -OCH3 is 1. The molecule has 0 spiro atoms. The average molecular weight is 262 g/mol. The molecule has 1 aliphatic carbocycles. The van der Waals surface area contributed by atoms with Crippen LogP contribution in [0.5, 0.6) is 0 Å². The number of hydrogen-bond donors (Lipinski definition) is 1. The fraction of sp³-hybridized carbons (Fsp3) is 0.562. The van der Waals surface area contributed by atoms with E-state index in [2.05, 4.69) is 24.3 Å². The first-order valence-corrected chi connectivity index (χ1v) is 7.00.